The molecule has 2 aromatic rings. The van der Waals surface area contributed by atoms with Crippen molar-refractivity contribution in [2.45, 2.75) is 13.2 Å². The summed E-state index contributed by atoms with van der Waals surface area (Å²) in [6, 6.07) is 3.41. The highest BCUT2D eigenvalue weighted by molar-refractivity contribution is 7.15. The Hall–Kier alpha value is -1.37. The summed E-state index contributed by atoms with van der Waals surface area (Å²) in [4.78, 5) is 5.39. The summed E-state index contributed by atoms with van der Waals surface area (Å²) >= 11 is 1.41. The van der Waals surface area contributed by atoms with Crippen LogP contribution in [0.25, 0.3) is 10.6 Å². The van der Waals surface area contributed by atoms with Crippen LogP contribution in [0.3, 0.4) is 0 Å². The lowest BCUT2D eigenvalue weighted by Crippen LogP contribution is -2.06. The second kappa shape index (κ2) is 6.18. The van der Waals surface area contributed by atoms with E-state index < -0.39 is 11.6 Å². The van der Waals surface area contributed by atoms with E-state index in [1.807, 2.05) is 7.05 Å². The van der Waals surface area contributed by atoms with Gasteiger partial charge in [-0.1, -0.05) is 0 Å². The summed E-state index contributed by atoms with van der Waals surface area (Å²) in [5, 5.41) is 3.63. The second-order valence-corrected chi connectivity index (χ2v) is 5.09. The molecule has 0 fully saturated rings. The maximum atomic E-state index is 13.2. The van der Waals surface area contributed by atoms with Gasteiger partial charge in [0.2, 0.25) is 0 Å². The molecule has 1 aromatic heterocycles. The van der Waals surface area contributed by atoms with Gasteiger partial charge in [-0.2, -0.15) is 0 Å². The van der Waals surface area contributed by atoms with Crippen LogP contribution in [0.15, 0.2) is 18.2 Å². The van der Waals surface area contributed by atoms with Crippen molar-refractivity contribution in [1.29, 1.82) is 0 Å². The van der Waals surface area contributed by atoms with Crippen LogP contribution < -0.4 is 5.32 Å². The van der Waals surface area contributed by atoms with Crippen molar-refractivity contribution in [3.05, 3.63) is 40.4 Å². The number of aromatic nitrogens is 1. The number of thiazole rings is 1. The third-order valence-corrected chi connectivity index (χ3v) is 3.65. The first-order chi connectivity index (χ1) is 9.13. The molecular weight excluding hydrogens is 270 g/mol. The Morgan fingerprint density at radius 2 is 1.95 bits per heavy atom. The van der Waals surface area contributed by atoms with Gasteiger partial charge in [-0.3, -0.25) is 0 Å². The zero-order valence-corrected chi connectivity index (χ0v) is 11.5. The van der Waals surface area contributed by atoms with E-state index in [1.54, 1.807) is 7.11 Å². The molecule has 0 aliphatic heterocycles. The van der Waals surface area contributed by atoms with E-state index in [-0.39, 0.29) is 0 Å². The fourth-order valence-electron chi connectivity index (χ4n) is 1.73. The van der Waals surface area contributed by atoms with Gasteiger partial charge >= 0.3 is 0 Å². The van der Waals surface area contributed by atoms with Crippen LogP contribution in [0, 0.1) is 11.6 Å². The van der Waals surface area contributed by atoms with E-state index in [0.717, 1.165) is 16.6 Å². The van der Waals surface area contributed by atoms with Gasteiger partial charge in [0.25, 0.3) is 0 Å². The van der Waals surface area contributed by atoms with Crippen LogP contribution in [-0.4, -0.2) is 19.1 Å². The summed E-state index contributed by atoms with van der Waals surface area (Å²) in [5.41, 5.74) is 1.24. The highest BCUT2D eigenvalue weighted by atomic mass is 32.1. The molecule has 0 atom stereocenters. The van der Waals surface area contributed by atoms with Crippen molar-refractivity contribution < 1.29 is 13.5 Å². The van der Waals surface area contributed by atoms with Gasteiger partial charge in [-0.25, -0.2) is 13.8 Å². The number of hydrogen-bond acceptors (Lipinski definition) is 4. The molecule has 6 heteroatoms. The first kappa shape index (κ1) is 14.0. The Labute approximate surface area is 114 Å². The van der Waals surface area contributed by atoms with E-state index in [9.17, 15) is 8.78 Å². The van der Waals surface area contributed by atoms with E-state index >= 15 is 0 Å². The predicted octanol–water partition coefficient (Wildman–Crippen LogP) is 2.95. The number of nitrogens with zero attached hydrogens (tertiary/aromatic N) is 1. The summed E-state index contributed by atoms with van der Waals surface area (Å²) in [6.45, 7) is 1.03. The van der Waals surface area contributed by atoms with Crippen molar-refractivity contribution in [3.8, 4) is 10.6 Å². The normalized spacial score (nSPS) is 10.9. The van der Waals surface area contributed by atoms with Gasteiger partial charge in [0.1, 0.15) is 16.6 Å². The quantitative estimate of drug-likeness (QED) is 0.916. The average Bonchev–Trinajstić information content (AvgIpc) is 2.72. The minimum absolute atomic E-state index is 0.380. The Bertz CT molecular complexity index is 528. The van der Waals surface area contributed by atoms with Gasteiger partial charge in [0, 0.05) is 30.2 Å². The van der Waals surface area contributed by atoms with Gasteiger partial charge in [-0.05, 0) is 19.2 Å². The average molecular weight is 284 g/mol. The number of methoxy groups -OCH3 is 1. The third-order valence-electron chi connectivity index (χ3n) is 2.51. The topological polar surface area (TPSA) is 34.2 Å². The molecule has 1 aromatic carbocycles. The molecule has 0 spiro atoms. The molecule has 0 saturated carbocycles. The lowest BCUT2D eigenvalue weighted by atomic mass is 10.2. The molecule has 0 unspecified atom stereocenters. The lowest BCUT2D eigenvalue weighted by Gasteiger charge is -1.98. The first-order valence-electron chi connectivity index (χ1n) is 5.72. The van der Waals surface area contributed by atoms with E-state index in [1.165, 1.54) is 23.5 Å². The highest BCUT2D eigenvalue weighted by Crippen LogP contribution is 2.29. The van der Waals surface area contributed by atoms with Crippen molar-refractivity contribution in [2.24, 2.45) is 0 Å². The molecule has 0 radical (unpaired) electrons. The van der Waals surface area contributed by atoms with Gasteiger partial charge in [0.15, 0.2) is 0 Å². The molecule has 3 nitrogen and oxygen atoms in total. The smallest absolute Gasteiger partial charge is 0.126 e. The standard InChI is InChI=1S/C13H14F2N2OS/c1-16-6-12-11(7-18-2)17-13(19-12)8-3-9(14)5-10(15)4-8/h3-5,16H,6-7H2,1-2H3. The molecule has 0 saturated heterocycles. The Balaban J connectivity index is 2.41. The SMILES string of the molecule is CNCc1sc(-c2cc(F)cc(F)c2)nc1COC. The van der Waals surface area contributed by atoms with Gasteiger partial charge < -0.3 is 10.1 Å². The minimum atomic E-state index is -0.603. The summed E-state index contributed by atoms with van der Waals surface area (Å²) in [5.74, 6) is -1.21. The maximum Gasteiger partial charge on any atom is 0.126 e. The Kier molecular flexibility index (Phi) is 4.57. The van der Waals surface area contributed by atoms with Gasteiger partial charge in [-0.15, -0.1) is 11.3 Å². The van der Waals surface area contributed by atoms with E-state index in [4.69, 9.17) is 4.74 Å². The maximum absolute atomic E-state index is 13.2. The predicted molar refractivity (Wildman–Crippen MR) is 70.9 cm³/mol. The van der Waals surface area contributed by atoms with Crippen LogP contribution in [0.5, 0.6) is 0 Å². The van der Waals surface area contributed by atoms with E-state index in [2.05, 4.69) is 10.3 Å². The number of halogens is 2. The van der Waals surface area contributed by atoms with Crippen molar-refractivity contribution in [1.82, 2.24) is 10.3 Å². The molecule has 0 amide bonds. The molecule has 0 bridgehead atoms. The number of nitrogens with one attached hydrogen (secondary N) is 1. The zero-order valence-electron chi connectivity index (χ0n) is 10.7. The minimum Gasteiger partial charge on any atom is -0.378 e. The molecule has 0 aliphatic rings. The summed E-state index contributed by atoms with van der Waals surface area (Å²) in [7, 11) is 3.42. The summed E-state index contributed by atoms with van der Waals surface area (Å²) in [6.07, 6.45) is 0. The number of ether oxygens (including phenoxy) is 1. The second-order valence-electron chi connectivity index (χ2n) is 4.01. The molecule has 19 heavy (non-hydrogen) atoms. The summed E-state index contributed by atoms with van der Waals surface area (Å²) < 4.78 is 31.5. The fourth-order valence-corrected chi connectivity index (χ4v) is 2.80. The molecule has 1 N–H and O–H groups in total. The van der Waals surface area contributed by atoms with Crippen molar-refractivity contribution >= 4 is 11.3 Å². The van der Waals surface area contributed by atoms with Crippen LogP contribution in [0.4, 0.5) is 8.78 Å². The van der Waals surface area contributed by atoms with Crippen LogP contribution in [0.1, 0.15) is 10.6 Å². The first-order valence-corrected chi connectivity index (χ1v) is 6.54. The highest BCUT2D eigenvalue weighted by Gasteiger charge is 2.13. The fraction of sp³-hybridized carbons (Fsp3) is 0.308. The molecular formula is C13H14F2N2OS. The molecule has 102 valence electrons. The van der Waals surface area contributed by atoms with Crippen molar-refractivity contribution in [2.75, 3.05) is 14.2 Å². The van der Waals surface area contributed by atoms with Crippen LogP contribution in [0.2, 0.25) is 0 Å². The Morgan fingerprint density at radius 1 is 1.26 bits per heavy atom. The van der Waals surface area contributed by atoms with Crippen LogP contribution >= 0.6 is 11.3 Å². The number of benzene rings is 1. The van der Waals surface area contributed by atoms with E-state index in [0.29, 0.717) is 23.7 Å². The Morgan fingerprint density at radius 3 is 2.53 bits per heavy atom. The van der Waals surface area contributed by atoms with Crippen molar-refractivity contribution in [3.63, 3.8) is 0 Å². The molecule has 2 rings (SSSR count). The van der Waals surface area contributed by atoms with Gasteiger partial charge in [0.05, 0.1) is 12.3 Å². The van der Waals surface area contributed by atoms with Crippen LogP contribution in [-0.2, 0) is 17.9 Å². The number of hydrogen-bond donors (Lipinski definition) is 1. The number of rotatable bonds is 5. The lowest BCUT2D eigenvalue weighted by molar-refractivity contribution is 0.181. The molecule has 1 heterocycles. The zero-order chi connectivity index (χ0) is 13.8. The largest absolute Gasteiger partial charge is 0.378 e. The monoisotopic (exact) mass is 284 g/mol. The molecule has 0 aliphatic carbocycles. The third kappa shape index (κ3) is 3.34.